The van der Waals surface area contributed by atoms with Gasteiger partial charge in [0.1, 0.15) is 6.42 Å². The van der Waals surface area contributed by atoms with Gasteiger partial charge >= 0.3 is 0 Å². The Kier molecular flexibility index (Phi) is 6.50. The number of nitrogens with zero attached hydrogens (tertiary/aromatic N) is 1. The molecule has 1 aliphatic rings. The van der Waals surface area contributed by atoms with E-state index >= 15 is 0 Å². The summed E-state index contributed by atoms with van der Waals surface area (Å²) in [5.74, 6) is -0.918. The minimum Gasteiger partial charge on any atom is -0.372 e. The van der Waals surface area contributed by atoms with Crippen LogP contribution in [0.4, 0.5) is 17.1 Å². The Balaban J connectivity index is 1.61. The van der Waals surface area contributed by atoms with E-state index < -0.39 is 21.8 Å². The third-order valence-electron chi connectivity index (χ3n) is 4.57. The molecule has 2 aromatic carbocycles. The first-order valence-electron chi connectivity index (χ1n) is 9.42. The van der Waals surface area contributed by atoms with E-state index in [1.807, 2.05) is 30.3 Å². The van der Waals surface area contributed by atoms with Crippen LogP contribution in [0.2, 0.25) is 0 Å². The van der Waals surface area contributed by atoms with Crippen LogP contribution in [0.25, 0.3) is 0 Å². The van der Waals surface area contributed by atoms with Gasteiger partial charge in [-0.2, -0.15) is 0 Å². The van der Waals surface area contributed by atoms with Gasteiger partial charge in [-0.3, -0.25) is 9.59 Å². The number of sulfonamides is 1. The number of nitrogens with one attached hydrogen (secondary N) is 3. The molecule has 3 N–H and O–H groups in total. The van der Waals surface area contributed by atoms with Crippen LogP contribution in [0, 0.1) is 0 Å². The topological polar surface area (TPSA) is 108 Å². The molecule has 2 aromatic rings. The summed E-state index contributed by atoms with van der Waals surface area (Å²) >= 11 is 0. The Bertz CT molecular complexity index is 993. The van der Waals surface area contributed by atoms with E-state index in [0.717, 1.165) is 18.8 Å². The Morgan fingerprint density at radius 2 is 1.69 bits per heavy atom. The van der Waals surface area contributed by atoms with Crippen molar-refractivity contribution in [2.24, 2.45) is 0 Å². The van der Waals surface area contributed by atoms with Gasteiger partial charge in [-0.05, 0) is 43.7 Å². The Hall–Kier alpha value is -2.91. The summed E-state index contributed by atoms with van der Waals surface area (Å²) in [4.78, 5) is 25.5. The summed E-state index contributed by atoms with van der Waals surface area (Å²) in [6.07, 6.45) is 0.337. The number of hydrogen-bond acceptors (Lipinski definition) is 5. The molecular weight excluding hydrogens is 392 g/mol. The van der Waals surface area contributed by atoms with Gasteiger partial charge in [0.15, 0.2) is 0 Å². The molecule has 0 spiro atoms. The predicted molar refractivity (Wildman–Crippen MR) is 112 cm³/mol. The Labute approximate surface area is 170 Å². The van der Waals surface area contributed by atoms with Crippen molar-refractivity contribution in [2.45, 2.75) is 24.7 Å². The highest BCUT2D eigenvalue weighted by atomic mass is 32.2. The lowest BCUT2D eigenvalue weighted by molar-refractivity contribution is -0.123. The highest BCUT2D eigenvalue weighted by molar-refractivity contribution is 7.89. The summed E-state index contributed by atoms with van der Waals surface area (Å²) in [5.41, 5.74) is 1.74. The fraction of sp³-hybridized carbons (Fsp3) is 0.300. The number of benzene rings is 2. The molecule has 29 heavy (non-hydrogen) atoms. The first kappa shape index (κ1) is 20.8. The number of carbonyl (C=O) groups is 2. The van der Waals surface area contributed by atoms with Crippen LogP contribution in [0.3, 0.4) is 0 Å². The van der Waals surface area contributed by atoms with Crippen molar-refractivity contribution in [3.05, 3.63) is 48.5 Å². The van der Waals surface area contributed by atoms with Crippen molar-refractivity contribution < 1.29 is 18.0 Å². The maximum atomic E-state index is 12.6. The van der Waals surface area contributed by atoms with Crippen LogP contribution in [-0.4, -0.2) is 39.9 Å². The molecule has 8 nitrogen and oxygen atoms in total. The van der Waals surface area contributed by atoms with E-state index in [1.54, 1.807) is 0 Å². The second-order valence-corrected chi connectivity index (χ2v) is 8.41. The minimum absolute atomic E-state index is 0.0307. The maximum Gasteiger partial charge on any atom is 0.240 e. The molecule has 2 amide bonds. The Morgan fingerprint density at radius 1 is 1.00 bits per heavy atom. The summed E-state index contributed by atoms with van der Waals surface area (Å²) in [6, 6.07) is 14.2. The zero-order valence-electron chi connectivity index (χ0n) is 16.1. The lowest BCUT2D eigenvalue weighted by Gasteiger charge is -2.23. The Morgan fingerprint density at radius 3 is 2.38 bits per heavy atom. The number of carbonyl (C=O) groups excluding carboxylic acids is 2. The van der Waals surface area contributed by atoms with Crippen LogP contribution >= 0.6 is 0 Å². The average Bonchev–Trinajstić information content (AvgIpc) is 2.84. The summed E-state index contributed by atoms with van der Waals surface area (Å²) in [5, 5.41) is 5.13. The number of rotatable bonds is 8. The highest BCUT2D eigenvalue weighted by Crippen LogP contribution is 2.27. The first-order valence-corrected chi connectivity index (χ1v) is 10.9. The summed E-state index contributed by atoms with van der Waals surface area (Å²) < 4.78 is 27.8. The normalized spacial score (nSPS) is 13.8. The second kappa shape index (κ2) is 9.06. The van der Waals surface area contributed by atoms with Crippen molar-refractivity contribution in [3.8, 4) is 0 Å². The monoisotopic (exact) mass is 416 g/mol. The highest BCUT2D eigenvalue weighted by Gasteiger charge is 2.21. The summed E-state index contributed by atoms with van der Waals surface area (Å²) in [7, 11) is -3.74. The van der Waals surface area contributed by atoms with Crippen LogP contribution in [0.1, 0.15) is 19.8 Å². The largest absolute Gasteiger partial charge is 0.372 e. The third-order valence-corrected chi connectivity index (χ3v) is 6.03. The van der Waals surface area contributed by atoms with Crippen LogP contribution < -0.4 is 20.3 Å². The van der Waals surface area contributed by atoms with Crippen LogP contribution in [0.5, 0.6) is 0 Å². The predicted octanol–water partition coefficient (Wildman–Crippen LogP) is 2.16. The molecule has 1 heterocycles. The van der Waals surface area contributed by atoms with Crippen molar-refractivity contribution in [1.29, 1.82) is 0 Å². The van der Waals surface area contributed by atoms with Gasteiger partial charge in [-0.15, -0.1) is 0 Å². The number of para-hydroxylation sites is 1. The molecule has 0 saturated heterocycles. The molecule has 0 aliphatic carbocycles. The minimum atomic E-state index is -3.74. The van der Waals surface area contributed by atoms with E-state index in [0.29, 0.717) is 12.1 Å². The van der Waals surface area contributed by atoms with E-state index in [1.165, 1.54) is 18.2 Å². The molecule has 0 fully saturated rings. The molecular formula is C20H24N4O4S. The average molecular weight is 417 g/mol. The van der Waals surface area contributed by atoms with Crippen molar-refractivity contribution in [2.75, 3.05) is 35.2 Å². The number of fused-ring (bicyclic) bond motifs is 1. The second-order valence-electron chi connectivity index (χ2n) is 6.65. The molecule has 0 saturated carbocycles. The molecule has 1 aliphatic heterocycles. The maximum absolute atomic E-state index is 12.6. The molecule has 0 aromatic heterocycles. The van der Waals surface area contributed by atoms with Gasteiger partial charge in [0, 0.05) is 25.3 Å². The van der Waals surface area contributed by atoms with Gasteiger partial charge in [0.05, 0.1) is 16.3 Å². The van der Waals surface area contributed by atoms with Crippen LogP contribution in [-0.2, 0) is 19.6 Å². The number of anilines is 3. The zero-order chi connectivity index (χ0) is 20.9. The van der Waals surface area contributed by atoms with Crippen LogP contribution in [0.15, 0.2) is 53.4 Å². The van der Waals surface area contributed by atoms with Gasteiger partial charge < -0.3 is 15.5 Å². The number of hydrogen-bond donors (Lipinski definition) is 3. The quantitative estimate of drug-likeness (QED) is 0.452. The van der Waals surface area contributed by atoms with Gasteiger partial charge in [-0.25, -0.2) is 13.1 Å². The first-order chi connectivity index (χ1) is 13.9. The molecule has 9 heteroatoms. The molecule has 154 valence electrons. The molecule has 0 radical (unpaired) electrons. The van der Waals surface area contributed by atoms with E-state index in [-0.39, 0.29) is 23.5 Å². The lowest BCUT2D eigenvalue weighted by Crippen LogP contribution is -2.30. The van der Waals surface area contributed by atoms with E-state index in [4.69, 9.17) is 0 Å². The van der Waals surface area contributed by atoms with Crippen molar-refractivity contribution >= 4 is 38.9 Å². The van der Waals surface area contributed by atoms with Crippen molar-refractivity contribution in [3.63, 3.8) is 0 Å². The molecule has 0 bridgehead atoms. The SMILES string of the molecule is CCN(CCCNS(=O)(=O)c1ccc2c(c1)NC(=O)CC(=O)N2)c1ccccc1. The van der Waals surface area contributed by atoms with Crippen molar-refractivity contribution in [1.82, 2.24) is 4.72 Å². The third kappa shape index (κ3) is 5.33. The standard InChI is InChI=1S/C20H24N4O4S/c1-2-24(15-7-4-3-5-8-15)12-6-11-21-29(27,28)16-9-10-17-18(13-16)23-20(26)14-19(25)22-17/h3-5,7-10,13,21H,2,6,11-12,14H2,1H3,(H,22,25)(H,23,26). The number of amides is 2. The van der Waals surface area contributed by atoms with Gasteiger partial charge in [0.2, 0.25) is 21.8 Å². The lowest BCUT2D eigenvalue weighted by atomic mass is 10.2. The fourth-order valence-corrected chi connectivity index (χ4v) is 4.21. The van der Waals surface area contributed by atoms with Gasteiger partial charge in [-0.1, -0.05) is 18.2 Å². The summed E-state index contributed by atoms with van der Waals surface area (Å²) in [6.45, 7) is 3.88. The molecule has 3 rings (SSSR count). The molecule has 0 unspecified atom stereocenters. The molecule has 0 atom stereocenters. The smallest absolute Gasteiger partial charge is 0.240 e. The fourth-order valence-electron chi connectivity index (χ4n) is 3.11. The van der Waals surface area contributed by atoms with E-state index in [2.05, 4.69) is 27.2 Å². The zero-order valence-corrected chi connectivity index (χ0v) is 17.0. The van der Waals surface area contributed by atoms with Gasteiger partial charge in [0.25, 0.3) is 0 Å². The van der Waals surface area contributed by atoms with E-state index in [9.17, 15) is 18.0 Å².